The van der Waals surface area contributed by atoms with Crippen LogP contribution in [-0.2, 0) is 19.2 Å². The number of piperazine rings is 1. The number of carbonyl (C=O) groups is 4. The first-order valence-electron chi connectivity index (χ1n) is 10.4. The maximum atomic E-state index is 12.6. The highest BCUT2D eigenvalue weighted by Gasteiger charge is 2.32. The van der Waals surface area contributed by atoms with Crippen LogP contribution in [0.25, 0.3) is 6.08 Å². The first-order valence-corrected chi connectivity index (χ1v) is 10.8. The first kappa shape index (κ1) is 23.6. The highest BCUT2D eigenvalue weighted by atomic mass is 35.5. The number of ether oxygens (including phenoxy) is 2. The quantitative estimate of drug-likeness (QED) is 0.450. The van der Waals surface area contributed by atoms with E-state index in [2.05, 4.69) is 0 Å². The summed E-state index contributed by atoms with van der Waals surface area (Å²) >= 11 is 6.26. The molecule has 2 heterocycles. The molecule has 4 amide bonds. The number of imide groups is 1. The molecule has 0 bridgehead atoms. The molecule has 9 nitrogen and oxygen atoms in total. The maximum Gasteiger partial charge on any atom is 0.246 e. The van der Waals surface area contributed by atoms with Gasteiger partial charge in [0, 0.05) is 45.1 Å². The molecule has 3 rings (SSSR count). The van der Waals surface area contributed by atoms with Crippen molar-refractivity contribution in [1.29, 1.82) is 0 Å². The number of methoxy groups -OCH3 is 1. The molecule has 0 radical (unpaired) electrons. The third-order valence-corrected chi connectivity index (χ3v) is 5.63. The molecule has 0 N–H and O–H groups in total. The fourth-order valence-electron chi connectivity index (χ4n) is 3.60. The Morgan fingerprint density at radius 3 is 2.28 bits per heavy atom. The fraction of sp³-hybridized carbons (Fsp3) is 0.455. The standard InChI is InChI=1S/C22H26ClN3O6/c1-3-32-22-16(23)12-15(13-17(22)31-2)4-5-18(27)24-8-10-25(11-9-24)21(30)14-26-19(28)6-7-20(26)29/h4-5,12-13H,3,6-11,14H2,1-2H3/b5-4+. The highest BCUT2D eigenvalue weighted by Crippen LogP contribution is 2.36. The van der Waals surface area contributed by atoms with Crippen molar-refractivity contribution in [1.82, 2.24) is 14.7 Å². The van der Waals surface area contributed by atoms with E-state index >= 15 is 0 Å². The third kappa shape index (κ3) is 5.40. The van der Waals surface area contributed by atoms with Gasteiger partial charge in [-0.2, -0.15) is 0 Å². The molecule has 1 aromatic rings. The van der Waals surface area contributed by atoms with Crippen molar-refractivity contribution in [3.05, 3.63) is 28.8 Å². The normalized spacial score (nSPS) is 16.8. The van der Waals surface area contributed by atoms with E-state index in [9.17, 15) is 19.2 Å². The van der Waals surface area contributed by atoms with Crippen LogP contribution in [0.15, 0.2) is 18.2 Å². The fourth-order valence-corrected chi connectivity index (χ4v) is 3.88. The Kier molecular flexibility index (Phi) is 7.74. The minimum Gasteiger partial charge on any atom is -0.493 e. The molecular formula is C22H26ClN3O6. The summed E-state index contributed by atoms with van der Waals surface area (Å²) in [6.45, 7) is 3.48. The predicted octanol–water partition coefficient (Wildman–Crippen LogP) is 1.58. The lowest BCUT2D eigenvalue weighted by Crippen LogP contribution is -2.52. The number of halogens is 1. The number of benzene rings is 1. The van der Waals surface area contributed by atoms with Crippen molar-refractivity contribution in [3.63, 3.8) is 0 Å². The van der Waals surface area contributed by atoms with Crippen molar-refractivity contribution >= 4 is 41.3 Å². The second kappa shape index (κ2) is 10.5. The Morgan fingerprint density at radius 2 is 1.69 bits per heavy atom. The summed E-state index contributed by atoms with van der Waals surface area (Å²) in [6.07, 6.45) is 3.41. The van der Waals surface area contributed by atoms with Gasteiger partial charge < -0.3 is 19.3 Å². The molecule has 10 heteroatoms. The Morgan fingerprint density at radius 1 is 1.06 bits per heavy atom. The molecule has 2 aliphatic heterocycles. The van der Waals surface area contributed by atoms with Gasteiger partial charge in [-0.25, -0.2) is 0 Å². The van der Waals surface area contributed by atoms with E-state index in [1.165, 1.54) is 13.2 Å². The average Bonchev–Trinajstić information content (AvgIpc) is 3.11. The summed E-state index contributed by atoms with van der Waals surface area (Å²) in [4.78, 5) is 52.6. The lowest BCUT2D eigenvalue weighted by Gasteiger charge is -2.34. The summed E-state index contributed by atoms with van der Waals surface area (Å²) in [5.41, 5.74) is 0.692. The van der Waals surface area contributed by atoms with E-state index in [1.807, 2.05) is 6.92 Å². The van der Waals surface area contributed by atoms with Crippen molar-refractivity contribution in [3.8, 4) is 11.5 Å². The van der Waals surface area contributed by atoms with Crippen LogP contribution < -0.4 is 9.47 Å². The van der Waals surface area contributed by atoms with Crippen molar-refractivity contribution in [2.24, 2.45) is 0 Å². The van der Waals surface area contributed by atoms with Crippen LogP contribution in [0, 0.1) is 0 Å². The van der Waals surface area contributed by atoms with Crippen LogP contribution in [0.5, 0.6) is 11.5 Å². The van der Waals surface area contributed by atoms with Gasteiger partial charge >= 0.3 is 0 Å². The smallest absolute Gasteiger partial charge is 0.246 e. The molecule has 2 aliphatic rings. The minimum atomic E-state index is -0.312. The van der Waals surface area contributed by atoms with Crippen molar-refractivity contribution in [2.45, 2.75) is 19.8 Å². The van der Waals surface area contributed by atoms with E-state index < -0.39 is 0 Å². The Hall–Kier alpha value is -3.07. The van der Waals surface area contributed by atoms with Gasteiger partial charge in [0.05, 0.1) is 18.7 Å². The Balaban J connectivity index is 1.55. The molecule has 0 saturated carbocycles. The molecule has 0 aromatic heterocycles. The van der Waals surface area contributed by atoms with Crippen LogP contribution in [-0.4, -0.2) is 84.8 Å². The van der Waals surface area contributed by atoms with Gasteiger partial charge in [-0.05, 0) is 30.7 Å². The molecule has 172 valence electrons. The van der Waals surface area contributed by atoms with Crippen LogP contribution >= 0.6 is 11.6 Å². The number of hydrogen-bond donors (Lipinski definition) is 0. The number of hydrogen-bond acceptors (Lipinski definition) is 6. The summed E-state index contributed by atoms with van der Waals surface area (Å²) in [5, 5.41) is 0.389. The number of likely N-dealkylation sites (tertiary alicyclic amines) is 1. The zero-order chi connectivity index (χ0) is 23.3. The van der Waals surface area contributed by atoms with E-state index in [4.69, 9.17) is 21.1 Å². The summed E-state index contributed by atoms with van der Waals surface area (Å²) < 4.78 is 10.8. The average molecular weight is 464 g/mol. The van der Waals surface area contributed by atoms with Crippen LogP contribution in [0.1, 0.15) is 25.3 Å². The highest BCUT2D eigenvalue weighted by molar-refractivity contribution is 6.32. The second-order valence-electron chi connectivity index (χ2n) is 7.38. The molecule has 0 aliphatic carbocycles. The summed E-state index contributed by atoms with van der Waals surface area (Å²) in [6, 6.07) is 3.43. The predicted molar refractivity (Wildman–Crippen MR) is 117 cm³/mol. The first-order chi connectivity index (χ1) is 15.3. The molecule has 0 atom stereocenters. The van der Waals surface area contributed by atoms with Crippen molar-refractivity contribution in [2.75, 3.05) is 46.4 Å². The lowest BCUT2D eigenvalue weighted by molar-refractivity contribution is -0.146. The van der Waals surface area contributed by atoms with E-state index in [1.54, 1.807) is 28.0 Å². The molecule has 0 unspecified atom stereocenters. The van der Waals surface area contributed by atoms with Gasteiger partial charge in [-0.3, -0.25) is 24.1 Å². The Labute approximate surface area is 191 Å². The second-order valence-corrected chi connectivity index (χ2v) is 7.79. The number of nitrogens with zero attached hydrogens (tertiary/aromatic N) is 3. The monoisotopic (exact) mass is 463 g/mol. The van der Waals surface area contributed by atoms with E-state index in [0.717, 1.165) is 4.90 Å². The molecular weight excluding hydrogens is 438 g/mol. The van der Waals surface area contributed by atoms with Gasteiger partial charge in [0.1, 0.15) is 6.54 Å². The largest absolute Gasteiger partial charge is 0.493 e. The molecule has 1 aromatic carbocycles. The van der Waals surface area contributed by atoms with Gasteiger partial charge in [-0.15, -0.1) is 0 Å². The molecule has 2 fully saturated rings. The third-order valence-electron chi connectivity index (χ3n) is 5.35. The number of rotatable bonds is 7. The maximum absolute atomic E-state index is 12.6. The van der Waals surface area contributed by atoms with Gasteiger partial charge in [0.25, 0.3) is 0 Å². The topological polar surface area (TPSA) is 96.5 Å². The number of amides is 4. The lowest BCUT2D eigenvalue weighted by atomic mass is 10.1. The molecule has 2 saturated heterocycles. The molecule has 32 heavy (non-hydrogen) atoms. The van der Waals surface area contributed by atoms with Crippen LogP contribution in [0.4, 0.5) is 0 Å². The minimum absolute atomic E-state index is 0.159. The van der Waals surface area contributed by atoms with Gasteiger partial charge in [0.2, 0.25) is 23.6 Å². The van der Waals surface area contributed by atoms with Crippen LogP contribution in [0.2, 0.25) is 5.02 Å². The Bertz CT molecular complexity index is 924. The van der Waals surface area contributed by atoms with Crippen molar-refractivity contribution < 1.29 is 28.7 Å². The zero-order valence-electron chi connectivity index (χ0n) is 18.1. The molecule has 0 spiro atoms. The van der Waals surface area contributed by atoms with E-state index in [0.29, 0.717) is 54.9 Å². The summed E-state index contributed by atoms with van der Waals surface area (Å²) in [7, 11) is 1.52. The zero-order valence-corrected chi connectivity index (χ0v) is 18.9. The van der Waals surface area contributed by atoms with Gasteiger partial charge in [0.15, 0.2) is 11.5 Å². The SMILES string of the molecule is CCOc1c(Cl)cc(/C=C/C(=O)N2CCN(C(=O)CN3C(=O)CCC3=O)CC2)cc1OC. The summed E-state index contributed by atoms with van der Waals surface area (Å²) in [5.74, 6) is -0.160. The van der Waals surface area contributed by atoms with Gasteiger partial charge in [-0.1, -0.05) is 11.6 Å². The van der Waals surface area contributed by atoms with E-state index in [-0.39, 0.29) is 43.0 Å². The number of carbonyl (C=O) groups excluding carboxylic acids is 4. The van der Waals surface area contributed by atoms with Crippen LogP contribution in [0.3, 0.4) is 0 Å².